The molecule has 2 heterocycles. The van der Waals surface area contributed by atoms with E-state index in [1.807, 2.05) is 12.1 Å². The van der Waals surface area contributed by atoms with Crippen molar-refractivity contribution >= 4 is 0 Å². The lowest BCUT2D eigenvalue weighted by Crippen LogP contribution is -2.44. The van der Waals surface area contributed by atoms with Crippen LogP contribution in [0.3, 0.4) is 0 Å². The van der Waals surface area contributed by atoms with Crippen molar-refractivity contribution in [3.05, 3.63) is 59.2 Å². The molecule has 0 radical (unpaired) electrons. The first kappa shape index (κ1) is 16.5. The molecular formula is C22H26O3. The highest BCUT2D eigenvalue weighted by atomic mass is 16.7. The SMILES string of the molecule is CCCCC[C@@H]1Cc2ccc(OC)cc2O[C@]12OCc1ccccc12. The minimum Gasteiger partial charge on any atom is -0.497 e. The molecule has 0 N–H and O–H groups in total. The minimum atomic E-state index is -0.649. The summed E-state index contributed by atoms with van der Waals surface area (Å²) in [5, 5.41) is 0. The number of hydrogen-bond donors (Lipinski definition) is 0. The quantitative estimate of drug-likeness (QED) is 0.701. The van der Waals surface area contributed by atoms with Gasteiger partial charge in [-0.1, -0.05) is 56.5 Å². The molecule has 0 amide bonds. The van der Waals surface area contributed by atoms with Crippen LogP contribution in [0.15, 0.2) is 42.5 Å². The summed E-state index contributed by atoms with van der Waals surface area (Å²) in [6, 6.07) is 14.6. The summed E-state index contributed by atoms with van der Waals surface area (Å²) in [6.07, 6.45) is 5.80. The molecule has 0 saturated carbocycles. The maximum atomic E-state index is 6.59. The number of fused-ring (bicyclic) bond motifs is 3. The Bertz CT molecular complexity index is 755. The molecule has 0 aromatic heterocycles. The Morgan fingerprint density at radius 1 is 1.12 bits per heavy atom. The second-order valence-electron chi connectivity index (χ2n) is 7.09. The molecule has 3 nitrogen and oxygen atoms in total. The molecule has 1 spiro atoms. The van der Waals surface area contributed by atoms with E-state index in [-0.39, 0.29) is 0 Å². The van der Waals surface area contributed by atoms with Gasteiger partial charge >= 0.3 is 0 Å². The molecular weight excluding hydrogens is 312 g/mol. The zero-order valence-corrected chi connectivity index (χ0v) is 15.1. The third-order valence-electron chi connectivity index (χ3n) is 5.53. The average molecular weight is 338 g/mol. The summed E-state index contributed by atoms with van der Waals surface area (Å²) in [6.45, 7) is 2.87. The fourth-order valence-electron chi connectivity index (χ4n) is 4.18. The predicted molar refractivity (Wildman–Crippen MR) is 97.9 cm³/mol. The van der Waals surface area contributed by atoms with Crippen LogP contribution in [0.5, 0.6) is 11.5 Å². The number of ether oxygens (including phenoxy) is 3. The first-order valence-corrected chi connectivity index (χ1v) is 9.35. The van der Waals surface area contributed by atoms with E-state index in [9.17, 15) is 0 Å². The molecule has 0 aliphatic carbocycles. The van der Waals surface area contributed by atoms with Crippen LogP contribution in [0.4, 0.5) is 0 Å². The minimum absolute atomic E-state index is 0.337. The van der Waals surface area contributed by atoms with Crippen molar-refractivity contribution in [1.82, 2.24) is 0 Å². The van der Waals surface area contributed by atoms with Gasteiger partial charge in [0.05, 0.1) is 13.7 Å². The zero-order chi connectivity index (χ0) is 17.3. The van der Waals surface area contributed by atoms with Crippen molar-refractivity contribution in [2.45, 2.75) is 51.4 Å². The summed E-state index contributed by atoms with van der Waals surface area (Å²) in [5.41, 5.74) is 3.69. The fraction of sp³-hybridized carbons (Fsp3) is 0.455. The third kappa shape index (κ3) is 2.81. The zero-order valence-electron chi connectivity index (χ0n) is 15.1. The van der Waals surface area contributed by atoms with Gasteiger partial charge in [-0.05, 0) is 30.0 Å². The molecule has 0 bridgehead atoms. The molecule has 2 atom stereocenters. The fourth-order valence-corrected chi connectivity index (χ4v) is 4.18. The van der Waals surface area contributed by atoms with E-state index in [1.165, 1.54) is 36.0 Å². The number of methoxy groups -OCH3 is 1. The Hall–Kier alpha value is -2.00. The Morgan fingerprint density at radius 2 is 2.00 bits per heavy atom. The monoisotopic (exact) mass is 338 g/mol. The number of unbranched alkanes of at least 4 members (excludes halogenated alkanes) is 2. The van der Waals surface area contributed by atoms with Crippen molar-refractivity contribution in [3.63, 3.8) is 0 Å². The Labute approximate surface area is 149 Å². The van der Waals surface area contributed by atoms with Gasteiger partial charge in [-0.25, -0.2) is 0 Å². The molecule has 4 rings (SSSR count). The van der Waals surface area contributed by atoms with Crippen LogP contribution in [-0.4, -0.2) is 7.11 Å². The first-order valence-electron chi connectivity index (χ1n) is 9.35. The lowest BCUT2D eigenvalue weighted by molar-refractivity contribution is -0.227. The van der Waals surface area contributed by atoms with Crippen molar-refractivity contribution in [3.8, 4) is 11.5 Å². The lowest BCUT2D eigenvalue weighted by atomic mass is 9.80. The lowest BCUT2D eigenvalue weighted by Gasteiger charge is -2.42. The number of benzene rings is 2. The highest BCUT2D eigenvalue weighted by molar-refractivity contribution is 5.45. The van der Waals surface area contributed by atoms with Gasteiger partial charge in [0.25, 0.3) is 0 Å². The highest BCUT2D eigenvalue weighted by Gasteiger charge is 2.51. The molecule has 2 aliphatic heterocycles. The molecule has 3 heteroatoms. The maximum absolute atomic E-state index is 6.59. The molecule has 25 heavy (non-hydrogen) atoms. The van der Waals surface area contributed by atoms with E-state index >= 15 is 0 Å². The van der Waals surface area contributed by atoms with Gasteiger partial charge in [0, 0.05) is 17.5 Å². The Kier molecular flexibility index (Phi) is 4.43. The predicted octanol–water partition coefficient (Wildman–Crippen LogP) is 5.21. The second kappa shape index (κ2) is 6.72. The van der Waals surface area contributed by atoms with E-state index in [0.717, 1.165) is 24.3 Å². The van der Waals surface area contributed by atoms with Crippen LogP contribution >= 0.6 is 0 Å². The summed E-state index contributed by atoms with van der Waals surface area (Å²) < 4.78 is 18.3. The van der Waals surface area contributed by atoms with E-state index in [1.54, 1.807) is 7.11 Å². The third-order valence-corrected chi connectivity index (χ3v) is 5.53. The van der Waals surface area contributed by atoms with Crippen molar-refractivity contribution in [1.29, 1.82) is 0 Å². The van der Waals surface area contributed by atoms with Gasteiger partial charge in [-0.15, -0.1) is 0 Å². The van der Waals surface area contributed by atoms with Gasteiger partial charge in [0.2, 0.25) is 5.79 Å². The summed E-state index contributed by atoms with van der Waals surface area (Å²) in [7, 11) is 1.69. The Balaban J connectivity index is 1.74. The largest absolute Gasteiger partial charge is 0.497 e. The van der Waals surface area contributed by atoms with Gasteiger partial charge in [-0.2, -0.15) is 0 Å². The molecule has 0 unspecified atom stereocenters. The normalized spacial score (nSPS) is 23.8. The van der Waals surface area contributed by atoms with Gasteiger partial charge in [-0.3, -0.25) is 0 Å². The van der Waals surface area contributed by atoms with Crippen molar-refractivity contribution in [2.75, 3.05) is 7.11 Å². The van der Waals surface area contributed by atoms with Crippen LogP contribution in [0.2, 0.25) is 0 Å². The Morgan fingerprint density at radius 3 is 2.84 bits per heavy atom. The van der Waals surface area contributed by atoms with E-state index in [4.69, 9.17) is 14.2 Å². The second-order valence-corrected chi connectivity index (χ2v) is 7.09. The topological polar surface area (TPSA) is 27.7 Å². The van der Waals surface area contributed by atoms with Crippen LogP contribution in [-0.2, 0) is 23.6 Å². The van der Waals surface area contributed by atoms with Crippen molar-refractivity contribution in [2.24, 2.45) is 5.92 Å². The first-order chi connectivity index (χ1) is 12.3. The standard InChI is InChI=1S/C22H26O3/c1-3-4-5-9-18-13-16-11-12-19(23-2)14-21(16)25-22(18)20-10-7-6-8-17(20)15-24-22/h6-8,10-12,14,18H,3-5,9,13,15H2,1-2H3/t18-,22-/m1/s1. The van der Waals surface area contributed by atoms with Crippen LogP contribution < -0.4 is 9.47 Å². The molecule has 0 fully saturated rings. The van der Waals surface area contributed by atoms with Gasteiger partial charge in [0.15, 0.2) is 0 Å². The number of hydrogen-bond acceptors (Lipinski definition) is 3. The highest BCUT2D eigenvalue weighted by Crippen LogP contribution is 2.51. The maximum Gasteiger partial charge on any atom is 0.241 e. The van der Waals surface area contributed by atoms with E-state index in [0.29, 0.717) is 12.5 Å². The van der Waals surface area contributed by atoms with Gasteiger partial charge in [0.1, 0.15) is 11.5 Å². The average Bonchev–Trinajstić information content (AvgIpc) is 3.01. The summed E-state index contributed by atoms with van der Waals surface area (Å²) in [5.74, 6) is 1.40. The summed E-state index contributed by atoms with van der Waals surface area (Å²) >= 11 is 0. The van der Waals surface area contributed by atoms with Crippen molar-refractivity contribution < 1.29 is 14.2 Å². The molecule has 132 valence electrons. The smallest absolute Gasteiger partial charge is 0.241 e. The van der Waals surface area contributed by atoms with Gasteiger partial charge < -0.3 is 14.2 Å². The van der Waals surface area contributed by atoms with E-state index in [2.05, 4.69) is 37.3 Å². The number of rotatable bonds is 5. The summed E-state index contributed by atoms with van der Waals surface area (Å²) in [4.78, 5) is 0. The molecule has 0 saturated heterocycles. The molecule has 2 aliphatic rings. The van der Waals surface area contributed by atoms with Crippen LogP contribution in [0.1, 0.15) is 49.3 Å². The molecule has 2 aromatic carbocycles. The van der Waals surface area contributed by atoms with Crippen LogP contribution in [0.25, 0.3) is 0 Å². The molecule has 2 aromatic rings. The van der Waals surface area contributed by atoms with E-state index < -0.39 is 5.79 Å². The van der Waals surface area contributed by atoms with Crippen LogP contribution in [0, 0.1) is 5.92 Å².